The molecule has 3 atom stereocenters. The summed E-state index contributed by atoms with van der Waals surface area (Å²) in [6, 6.07) is 15.9. The minimum absolute atomic E-state index is 0.0438. The Kier molecular flexibility index (Phi) is 5.81. The Balaban J connectivity index is 1.77. The van der Waals surface area contributed by atoms with Gasteiger partial charge in [0.05, 0.1) is 18.4 Å². The van der Waals surface area contributed by atoms with E-state index < -0.39 is 36.5 Å². The maximum absolute atomic E-state index is 13.8. The number of carbonyl (C=O) groups is 1. The molecule has 0 radical (unpaired) electrons. The molecule has 1 saturated heterocycles. The number of nitrogen functional groups attached to an aromatic ring is 1. The van der Waals surface area contributed by atoms with E-state index in [0.717, 1.165) is 5.56 Å². The quantitative estimate of drug-likeness (QED) is 0.338. The zero-order valence-corrected chi connectivity index (χ0v) is 18.8. The first-order valence-corrected chi connectivity index (χ1v) is 11.1. The second-order valence-electron chi connectivity index (χ2n) is 8.36. The van der Waals surface area contributed by atoms with Crippen molar-refractivity contribution in [1.29, 1.82) is 0 Å². The molecule has 0 saturated carbocycles. The summed E-state index contributed by atoms with van der Waals surface area (Å²) >= 11 is 0. The van der Waals surface area contributed by atoms with Gasteiger partial charge in [-0.2, -0.15) is 4.98 Å². The third kappa shape index (κ3) is 4.05. The topological polar surface area (TPSA) is 160 Å². The van der Waals surface area contributed by atoms with E-state index in [9.17, 15) is 19.8 Å². The number of anilines is 3. The number of nitrogens with one attached hydrogen (secondary N) is 1. The number of rotatable bonds is 5. The lowest BCUT2D eigenvalue weighted by molar-refractivity contribution is -0.0426. The smallest absolute Gasteiger partial charge is 0.280 e. The minimum Gasteiger partial charge on any atom is -0.394 e. The van der Waals surface area contributed by atoms with Crippen molar-refractivity contribution in [3.63, 3.8) is 0 Å². The third-order valence-electron chi connectivity index (χ3n) is 5.94. The van der Waals surface area contributed by atoms with Gasteiger partial charge in [-0.15, -0.1) is 0 Å². The lowest BCUT2D eigenvalue weighted by atomic mass is 10.1. The van der Waals surface area contributed by atoms with Crippen molar-refractivity contribution in [2.45, 2.75) is 31.8 Å². The Morgan fingerprint density at radius 3 is 2.57 bits per heavy atom. The number of aromatic amines is 1. The van der Waals surface area contributed by atoms with Gasteiger partial charge in [0.1, 0.15) is 12.3 Å². The van der Waals surface area contributed by atoms with Crippen LogP contribution in [0.3, 0.4) is 0 Å². The van der Waals surface area contributed by atoms with Crippen molar-refractivity contribution in [1.82, 2.24) is 19.5 Å². The first-order chi connectivity index (χ1) is 16.9. The van der Waals surface area contributed by atoms with Gasteiger partial charge in [-0.1, -0.05) is 35.9 Å². The first-order valence-electron chi connectivity index (χ1n) is 11.1. The number of aliphatic hydroxyl groups is 2. The number of imidazole rings is 1. The van der Waals surface area contributed by atoms with Crippen LogP contribution in [0.1, 0.15) is 28.6 Å². The fourth-order valence-corrected chi connectivity index (χ4v) is 4.18. The van der Waals surface area contributed by atoms with Crippen molar-refractivity contribution in [2.75, 3.05) is 17.2 Å². The maximum Gasteiger partial charge on any atom is 0.280 e. The van der Waals surface area contributed by atoms with Gasteiger partial charge in [0, 0.05) is 12.0 Å². The zero-order valence-electron chi connectivity index (χ0n) is 18.8. The molecule has 0 unspecified atom stereocenters. The predicted molar refractivity (Wildman–Crippen MR) is 128 cm³/mol. The molecule has 11 nitrogen and oxygen atoms in total. The Labute approximate surface area is 199 Å². The van der Waals surface area contributed by atoms with Crippen LogP contribution in [0.5, 0.6) is 0 Å². The standard InChI is InChI=1S/C24H24N6O5/c1-13-7-9-15(10-8-13)29(22(34)14-5-3-2-4-6-14)24-26-19-20(27-23(25)28-21(19)33)30(24)18-11-16(32)17(12-31)35-18/h2-10,16-18,31-32H,11-12H2,1H3,(H3,25,27,28,33)/t16-,17+,18+/m0/s1. The molecule has 0 spiro atoms. The fraction of sp³-hybridized carbons (Fsp3) is 0.250. The minimum atomic E-state index is -0.965. The molecule has 3 heterocycles. The van der Waals surface area contributed by atoms with Crippen LogP contribution >= 0.6 is 0 Å². The number of carbonyl (C=O) groups excluding carboxylic acids is 1. The molecule has 4 aromatic rings. The number of aromatic nitrogens is 4. The highest BCUT2D eigenvalue weighted by Crippen LogP contribution is 2.37. The second kappa shape index (κ2) is 8.95. The van der Waals surface area contributed by atoms with Gasteiger partial charge in [-0.25, -0.2) is 9.88 Å². The average Bonchev–Trinajstić information content (AvgIpc) is 3.41. The van der Waals surface area contributed by atoms with E-state index in [0.29, 0.717) is 11.3 Å². The van der Waals surface area contributed by atoms with Gasteiger partial charge >= 0.3 is 0 Å². The van der Waals surface area contributed by atoms with E-state index in [4.69, 9.17) is 10.5 Å². The summed E-state index contributed by atoms with van der Waals surface area (Å²) in [5.74, 6) is -0.464. The predicted octanol–water partition coefficient (Wildman–Crippen LogP) is 1.63. The summed E-state index contributed by atoms with van der Waals surface area (Å²) < 4.78 is 7.35. The van der Waals surface area contributed by atoms with Crippen LogP contribution in [0.25, 0.3) is 11.2 Å². The normalized spacial score (nSPS) is 19.8. The van der Waals surface area contributed by atoms with Crippen molar-refractivity contribution < 1.29 is 19.7 Å². The summed E-state index contributed by atoms with van der Waals surface area (Å²) in [4.78, 5) is 39.1. The molecule has 2 aromatic carbocycles. The summed E-state index contributed by atoms with van der Waals surface area (Å²) in [6.45, 7) is 1.53. The van der Waals surface area contributed by atoms with Gasteiger partial charge < -0.3 is 20.7 Å². The van der Waals surface area contributed by atoms with Gasteiger partial charge in [0.15, 0.2) is 11.2 Å². The van der Waals surface area contributed by atoms with Crippen molar-refractivity contribution in [3.8, 4) is 0 Å². The molecule has 180 valence electrons. The molecule has 11 heteroatoms. The van der Waals surface area contributed by atoms with E-state index in [1.165, 1.54) is 9.47 Å². The van der Waals surface area contributed by atoms with Crippen LogP contribution < -0.4 is 16.2 Å². The van der Waals surface area contributed by atoms with Gasteiger partial charge in [0.2, 0.25) is 11.9 Å². The van der Waals surface area contributed by atoms with E-state index in [1.54, 1.807) is 42.5 Å². The van der Waals surface area contributed by atoms with E-state index in [1.807, 2.05) is 19.1 Å². The number of fused-ring (bicyclic) bond motifs is 1. The number of nitrogens with two attached hydrogens (primary N) is 1. The van der Waals surface area contributed by atoms with Crippen LogP contribution in [0, 0.1) is 6.92 Å². The summed E-state index contributed by atoms with van der Waals surface area (Å²) in [6.07, 6.45) is -2.60. The number of aliphatic hydroxyl groups excluding tert-OH is 2. The molecule has 1 fully saturated rings. The maximum atomic E-state index is 13.8. The molecule has 0 bridgehead atoms. The molecule has 1 aliphatic rings. The van der Waals surface area contributed by atoms with Crippen LogP contribution in [0.15, 0.2) is 59.4 Å². The molecule has 2 aromatic heterocycles. The number of amides is 1. The number of aryl methyl sites for hydroxylation is 1. The van der Waals surface area contributed by atoms with Crippen LogP contribution in [-0.2, 0) is 4.74 Å². The number of ether oxygens (including phenoxy) is 1. The van der Waals surface area contributed by atoms with Crippen LogP contribution in [-0.4, -0.2) is 54.5 Å². The number of hydrogen-bond acceptors (Lipinski definition) is 8. The largest absolute Gasteiger partial charge is 0.394 e. The Hall–Kier alpha value is -4.06. The highest BCUT2D eigenvalue weighted by molar-refractivity contribution is 6.10. The molecule has 5 rings (SSSR count). The molecule has 1 amide bonds. The second-order valence-corrected chi connectivity index (χ2v) is 8.36. The van der Waals surface area contributed by atoms with Crippen molar-refractivity contribution >= 4 is 34.7 Å². The fourth-order valence-electron chi connectivity index (χ4n) is 4.18. The average molecular weight is 476 g/mol. The van der Waals surface area contributed by atoms with Crippen molar-refractivity contribution in [2.24, 2.45) is 0 Å². The monoisotopic (exact) mass is 476 g/mol. The van der Waals surface area contributed by atoms with E-state index >= 15 is 0 Å². The van der Waals surface area contributed by atoms with Crippen LogP contribution in [0.2, 0.25) is 0 Å². The van der Waals surface area contributed by atoms with E-state index in [-0.39, 0.29) is 29.5 Å². The summed E-state index contributed by atoms with van der Waals surface area (Å²) in [7, 11) is 0. The molecular weight excluding hydrogens is 452 g/mol. The SMILES string of the molecule is Cc1ccc(N(C(=O)c2ccccc2)c2nc3c(=O)[nH]c(N)nc3n2[C@H]2C[C@H](O)[C@@H](CO)O2)cc1. The highest BCUT2D eigenvalue weighted by atomic mass is 16.5. The number of hydrogen-bond donors (Lipinski definition) is 4. The lowest BCUT2D eigenvalue weighted by Crippen LogP contribution is -2.30. The molecule has 0 aliphatic carbocycles. The Morgan fingerprint density at radius 2 is 1.91 bits per heavy atom. The van der Waals surface area contributed by atoms with E-state index in [2.05, 4.69) is 15.0 Å². The molecular formula is C24H24N6O5. The molecule has 35 heavy (non-hydrogen) atoms. The van der Waals surface area contributed by atoms with Crippen LogP contribution in [0.4, 0.5) is 17.6 Å². The molecule has 1 aliphatic heterocycles. The number of H-pyrrole nitrogens is 1. The van der Waals surface area contributed by atoms with Gasteiger partial charge in [0.25, 0.3) is 11.5 Å². The zero-order chi connectivity index (χ0) is 24.7. The molecule has 5 N–H and O–H groups in total. The van der Waals surface area contributed by atoms with Crippen molar-refractivity contribution in [3.05, 3.63) is 76.1 Å². The Bertz CT molecular complexity index is 1430. The number of nitrogens with zero attached hydrogens (tertiary/aromatic N) is 4. The lowest BCUT2D eigenvalue weighted by Gasteiger charge is -2.25. The highest BCUT2D eigenvalue weighted by Gasteiger charge is 2.39. The Morgan fingerprint density at radius 1 is 1.20 bits per heavy atom. The summed E-state index contributed by atoms with van der Waals surface area (Å²) in [5, 5.41) is 20.0. The number of benzene rings is 2. The third-order valence-corrected chi connectivity index (χ3v) is 5.94. The first kappa shape index (κ1) is 22.7. The van der Waals surface area contributed by atoms with Gasteiger partial charge in [-0.05, 0) is 31.2 Å². The summed E-state index contributed by atoms with van der Waals surface area (Å²) in [5.41, 5.74) is 7.18. The van der Waals surface area contributed by atoms with Gasteiger partial charge in [-0.3, -0.25) is 19.1 Å².